The minimum absolute atomic E-state index is 0.282. The van der Waals surface area contributed by atoms with E-state index < -0.39 is 0 Å². The van der Waals surface area contributed by atoms with Crippen molar-refractivity contribution in [2.75, 3.05) is 19.5 Å². The summed E-state index contributed by atoms with van der Waals surface area (Å²) in [6.07, 6.45) is 0. The predicted molar refractivity (Wildman–Crippen MR) is 79.7 cm³/mol. The van der Waals surface area contributed by atoms with Crippen molar-refractivity contribution < 1.29 is 14.6 Å². The number of ether oxygens (including phenoxy) is 2. The number of phenolic OH excluding ortho intramolecular Hbond substituents is 1. The summed E-state index contributed by atoms with van der Waals surface area (Å²) in [6, 6.07) is 11.1. The molecule has 0 saturated carbocycles. The lowest BCUT2D eigenvalue weighted by Crippen LogP contribution is -2.02. The third-order valence-corrected chi connectivity index (χ3v) is 3.11. The standard InChI is InChI=1S/C16H19NO3/c1-11-4-6-15(18)12(8-11)10-17-14-9-13(19-2)5-7-16(14)20-3/h4-9,17-18H,10H2,1-3H3. The molecule has 0 aliphatic carbocycles. The van der Waals surface area contributed by atoms with Crippen molar-refractivity contribution >= 4 is 5.69 Å². The summed E-state index contributed by atoms with van der Waals surface area (Å²) in [6.45, 7) is 2.51. The van der Waals surface area contributed by atoms with Gasteiger partial charge < -0.3 is 19.9 Å². The fourth-order valence-electron chi connectivity index (χ4n) is 2.00. The van der Waals surface area contributed by atoms with Gasteiger partial charge in [0, 0.05) is 18.2 Å². The Kier molecular flexibility index (Phi) is 4.35. The number of hydrogen-bond donors (Lipinski definition) is 2. The third-order valence-electron chi connectivity index (χ3n) is 3.11. The second-order valence-corrected chi connectivity index (χ2v) is 4.55. The van der Waals surface area contributed by atoms with Crippen molar-refractivity contribution in [1.82, 2.24) is 0 Å². The molecular formula is C16H19NO3. The highest BCUT2D eigenvalue weighted by molar-refractivity contribution is 5.60. The predicted octanol–water partition coefficient (Wildman–Crippen LogP) is 3.33. The number of methoxy groups -OCH3 is 2. The highest BCUT2D eigenvalue weighted by atomic mass is 16.5. The molecule has 4 nitrogen and oxygen atoms in total. The maximum Gasteiger partial charge on any atom is 0.142 e. The van der Waals surface area contributed by atoms with Gasteiger partial charge >= 0.3 is 0 Å². The number of anilines is 1. The number of phenols is 1. The van der Waals surface area contributed by atoms with Crippen LogP contribution in [0.4, 0.5) is 5.69 Å². The van der Waals surface area contributed by atoms with Gasteiger partial charge in [-0.15, -0.1) is 0 Å². The largest absolute Gasteiger partial charge is 0.508 e. The molecule has 4 heteroatoms. The minimum atomic E-state index is 0.282. The summed E-state index contributed by atoms with van der Waals surface area (Å²) >= 11 is 0. The molecule has 2 N–H and O–H groups in total. The molecule has 0 amide bonds. The molecular weight excluding hydrogens is 254 g/mol. The van der Waals surface area contributed by atoms with Crippen LogP contribution in [-0.2, 0) is 6.54 Å². The van der Waals surface area contributed by atoms with Crippen LogP contribution in [0.2, 0.25) is 0 Å². The van der Waals surface area contributed by atoms with E-state index in [0.29, 0.717) is 6.54 Å². The van der Waals surface area contributed by atoms with Gasteiger partial charge in [0.2, 0.25) is 0 Å². The molecule has 0 radical (unpaired) electrons. The zero-order valence-electron chi connectivity index (χ0n) is 11.9. The van der Waals surface area contributed by atoms with Gasteiger partial charge in [0.25, 0.3) is 0 Å². The van der Waals surface area contributed by atoms with E-state index in [0.717, 1.165) is 28.3 Å². The molecule has 0 atom stereocenters. The second-order valence-electron chi connectivity index (χ2n) is 4.55. The van der Waals surface area contributed by atoms with Crippen LogP contribution in [0.1, 0.15) is 11.1 Å². The topological polar surface area (TPSA) is 50.7 Å². The summed E-state index contributed by atoms with van der Waals surface area (Å²) in [5.41, 5.74) is 2.78. The van der Waals surface area contributed by atoms with E-state index in [9.17, 15) is 5.11 Å². The van der Waals surface area contributed by atoms with Gasteiger partial charge in [0.05, 0.1) is 19.9 Å². The van der Waals surface area contributed by atoms with Crippen LogP contribution in [0, 0.1) is 6.92 Å². The first-order chi connectivity index (χ1) is 9.63. The van der Waals surface area contributed by atoms with Crippen molar-refractivity contribution in [1.29, 1.82) is 0 Å². The quantitative estimate of drug-likeness (QED) is 0.877. The van der Waals surface area contributed by atoms with Crippen LogP contribution < -0.4 is 14.8 Å². The van der Waals surface area contributed by atoms with Gasteiger partial charge in [-0.1, -0.05) is 17.7 Å². The van der Waals surface area contributed by atoms with Gasteiger partial charge in [-0.2, -0.15) is 0 Å². The van der Waals surface area contributed by atoms with E-state index in [4.69, 9.17) is 9.47 Å². The van der Waals surface area contributed by atoms with Crippen LogP contribution >= 0.6 is 0 Å². The Morgan fingerprint density at radius 1 is 1.05 bits per heavy atom. The molecule has 2 rings (SSSR count). The van der Waals surface area contributed by atoms with Crippen molar-refractivity contribution in [3.63, 3.8) is 0 Å². The molecule has 2 aromatic rings. The van der Waals surface area contributed by atoms with Crippen molar-refractivity contribution in [3.8, 4) is 17.2 Å². The van der Waals surface area contributed by atoms with E-state index in [1.165, 1.54) is 0 Å². The Morgan fingerprint density at radius 2 is 1.85 bits per heavy atom. The number of aryl methyl sites for hydroxylation is 1. The zero-order chi connectivity index (χ0) is 14.5. The SMILES string of the molecule is COc1ccc(OC)c(NCc2cc(C)ccc2O)c1. The molecule has 0 heterocycles. The Labute approximate surface area is 119 Å². The highest BCUT2D eigenvalue weighted by Crippen LogP contribution is 2.30. The van der Waals surface area contributed by atoms with E-state index >= 15 is 0 Å². The molecule has 0 aliphatic heterocycles. The maximum absolute atomic E-state index is 9.84. The Hall–Kier alpha value is -2.36. The van der Waals surface area contributed by atoms with Gasteiger partial charge in [0.15, 0.2) is 0 Å². The second kappa shape index (κ2) is 6.19. The molecule has 106 valence electrons. The lowest BCUT2D eigenvalue weighted by Gasteiger charge is -2.13. The van der Waals surface area contributed by atoms with Crippen LogP contribution in [0.15, 0.2) is 36.4 Å². The maximum atomic E-state index is 9.84. The van der Waals surface area contributed by atoms with Crippen molar-refractivity contribution in [3.05, 3.63) is 47.5 Å². The van der Waals surface area contributed by atoms with Gasteiger partial charge in [-0.05, 0) is 25.1 Å². The fourth-order valence-corrected chi connectivity index (χ4v) is 2.00. The lowest BCUT2D eigenvalue weighted by atomic mass is 10.1. The Balaban J connectivity index is 2.19. The average Bonchev–Trinajstić information content (AvgIpc) is 2.47. The summed E-state index contributed by atoms with van der Waals surface area (Å²) in [5.74, 6) is 1.77. The van der Waals surface area contributed by atoms with Gasteiger partial charge in [0.1, 0.15) is 17.2 Å². The monoisotopic (exact) mass is 273 g/mol. The molecule has 0 unspecified atom stereocenters. The minimum Gasteiger partial charge on any atom is -0.508 e. The van der Waals surface area contributed by atoms with Crippen molar-refractivity contribution in [2.24, 2.45) is 0 Å². The van der Waals surface area contributed by atoms with Crippen LogP contribution in [0.5, 0.6) is 17.2 Å². The normalized spacial score (nSPS) is 10.2. The number of hydrogen-bond acceptors (Lipinski definition) is 4. The number of benzene rings is 2. The molecule has 0 spiro atoms. The Morgan fingerprint density at radius 3 is 2.55 bits per heavy atom. The first kappa shape index (κ1) is 14.1. The molecule has 0 aromatic heterocycles. The van der Waals surface area contributed by atoms with Crippen LogP contribution in [0.25, 0.3) is 0 Å². The fraction of sp³-hybridized carbons (Fsp3) is 0.250. The molecule has 2 aromatic carbocycles. The number of rotatable bonds is 5. The Bertz CT molecular complexity index is 596. The molecule has 0 aliphatic rings. The molecule has 0 bridgehead atoms. The lowest BCUT2D eigenvalue weighted by molar-refractivity contribution is 0.404. The highest BCUT2D eigenvalue weighted by Gasteiger charge is 2.06. The zero-order valence-corrected chi connectivity index (χ0v) is 11.9. The smallest absolute Gasteiger partial charge is 0.142 e. The summed E-state index contributed by atoms with van der Waals surface area (Å²) in [7, 11) is 3.25. The summed E-state index contributed by atoms with van der Waals surface area (Å²) < 4.78 is 10.5. The average molecular weight is 273 g/mol. The van der Waals surface area contributed by atoms with Gasteiger partial charge in [-0.25, -0.2) is 0 Å². The summed E-state index contributed by atoms with van der Waals surface area (Å²) in [4.78, 5) is 0. The first-order valence-corrected chi connectivity index (χ1v) is 6.38. The van der Waals surface area contributed by atoms with E-state index in [-0.39, 0.29) is 5.75 Å². The first-order valence-electron chi connectivity index (χ1n) is 6.38. The molecule has 0 fully saturated rings. The van der Waals surface area contributed by atoms with E-state index in [1.54, 1.807) is 20.3 Å². The number of aromatic hydroxyl groups is 1. The van der Waals surface area contributed by atoms with Crippen molar-refractivity contribution in [2.45, 2.75) is 13.5 Å². The third kappa shape index (κ3) is 3.15. The van der Waals surface area contributed by atoms with Crippen LogP contribution in [0.3, 0.4) is 0 Å². The van der Waals surface area contributed by atoms with Crippen LogP contribution in [-0.4, -0.2) is 19.3 Å². The summed E-state index contributed by atoms with van der Waals surface area (Å²) in [5, 5.41) is 13.1. The number of nitrogens with one attached hydrogen (secondary N) is 1. The van der Waals surface area contributed by atoms with Gasteiger partial charge in [-0.3, -0.25) is 0 Å². The van der Waals surface area contributed by atoms with E-state index in [1.807, 2.05) is 37.3 Å². The molecule has 20 heavy (non-hydrogen) atoms. The van der Waals surface area contributed by atoms with E-state index in [2.05, 4.69) is 5.32 Å². The molecule has 0 saturated heterocycles.